The van der Waals surface area contributed by atoms with E-state index in [2.05, 4.69) is 36.1 Å². The first-order chi connectivity index (χ1) is 15.3. The van der Waals surface area contributed by atoms with Crippen LogP contribution in [0.1, 0.15) is 43.7 Å². The molecule has 1 heterocycles. The first-order valence-corrected chi connectivity index (χ1v) is 13.8. The van der Waals surface area contributed by atoms with Crippen LogP contribution in [0, 0.1) is 5.92 Å². The summed E-state index contributed by atoms with van der Waals surface area (Å²) in [5.41, 5.74) is 12.2. The Morgan fingerprint density at radius 3 is 2.47 bits per heavy atom. The number of nitrogens with zero attached hydrogens (tertiary/aromatic N) is 2. The third-order valence-electron chi connectivity index (χ3n) is 7.19. The summed E-state index contributed by atoms with van der Waals surface area (Å²) in [5, 5.41) is 0. The van der Waals surface area contributed by atoms with E-state index in [1.54, 1.807) is 4.31 Å². The molecule has 2 aliphatic rings. The fourth-order valence-corrected chi connectivity index (χ4v) is 6.29. The minimum atomic E-state index is -3.06. The van der Waals surface area contributed by atoms with Crippen LogP contribution in [0.3, 0.4) is 0 Å². The molecule has 1 unspecified atom stereocenters. The lowest BCUT2D eigenvalue weighted by molar-refractivity contribution is 0.129. The predicted octanol–water partition coefficient (Wildman–Crippen LogP) is 4.18. The number of aryl methyl sites for hydroxylation is 1. The van der Waals surface area contributed by atoms with Gasteiger partial charge in [0.1, 0.15) is 0 Å². The molecule has 174 valence electrons. The summed E-state index contributed by atoms with van der Waals surface area (Å²) in [6, 6.07) is 15.6. The fraction of sp³-hybridized carbons (Fsp3) is 0.538. The van der Waals surface area contributed by atoms with Crippen LogP contribution in [-0.4, -0.2) is 56.1 Å². The first-order valence-electron chi connectivity index (χ1n) is 12.0. The van der Waals surface area contributed by atoms with E-state index < -0.39 is 10.0 Å². The number of benzene rings is 2. The van der Waals surface area contributed by atoms with Gasteiger partial charge in [0.2, 0.25) is 10.0 Å². The van der Waals surface area contributed by atoms with Gasteiger partial charge in [-0.2, -0.15) is 0 Å². The number of nitrogens with two attached hydrogens (primary N) is 1. The number of nitrogen functional groups attached to an aromatic ring is 1. The zero-order valence-electron chi connectivity index (χ0n) is 19.5. The monoisotopic (exact) mass is 455 g/mol. The van der Waals surface area contributed by atoms with Crippen molar-refractivity contribution in [3.8, 4) is 11.1 Å². The Kier molecular flexibility index (Phi) is 7.23. The molecule has 4 rings (SSSR count). The van der Waals surface area contributed by atoms with Gasteiger partial charge in [-0.05, 0) is 85.4 Å². The molecule has 6 heteroatoms. The van der Waals surface area contributed by atoms with Crippen molar-refractivity contribution in [1.29, 1.82) is 0 Å². The van der Waals surface area contributed by atoms with Gasteiger partial charge in [-0.15, -0.1) is 0 Å². The zero-order valence-corrected chi connectivity index (χ0v) is 20.3. The molecule has 1 fully saturated rings. The molecule has 1 atom stereocenters. The molecular weight excluding hydrogens is 418 g/mol. The Morgan fingerprint density at radius 2 is 1.78 bits per heavy atom. The topological polar surface area (TPSA) is 66.6 Å². The van der Waals surface area contributed by atoms with Gasteiger partial charge in [-0.1, -0.05) is 37.3 Å². The molecule has 0 spiro atoms. The van der Waals surface area contributed by atoms with Crippen LogP contribution in [-0.2, 0) is 22.9 Å². The number of sulfonamides is 1. The van der Waals surface area contributed by atoms with Crippen molar-refractivity contribution in [1.82, 2.24) is 9.21 Å². The van der Waals surface area contributed by atoms with Crippen LogP contribution >= 0.6 is 0 Å². The van der Waals surface area contributed by atoms with Crippen molar-refractivity contribution < 1.29 is 8.42 Å². The summed E-state index contributed by atoms with van der Waals surface area (Å²) < 4.78 is 25.3. The van der Waals surface area contributed by atoms with Crippen molar-refractivity contribution in [2.75, 3.05) is 38.2 Å². The molecule has 0 amide bonds. The van der Waals surface area contributed by atoms with E-state index in [9.17, 15) is 8.42 Å². The Balaban J connectivity index is 1.45. The van der Waals surface area contributed by atoms with Crippen LogP contribution in [0.25, 0.3) is 11.1 Å². The van der Waals surface area contributed by atoms with Crippen molar-refractivity contribution in [2.24, 2.45) is 5.92 Å². The smallest absolute Gasteiger partial charge is 0.211 e. The molecule has 1 saturated heterocycles. The maximum Gasteiger partial charge on any atom is 0.211 e. The zero-order chi connectivity index (χ0) is 22.7. The van der Waals surface area contributed by atoms with E-state index in [0.29, 0.717) is 25.0 Å². The molecule has 2 aromatic rings. The van der Waals surface area contributed by atoms with Gasteiger partial charge in [0.05, 0.1) is 6.26 Å². The highest BCUT2D eigenvalue weighted by Crippen LogP contribution is 2.31. The summed E-state index contributed by atoms with van der Waals surface area (Å²) in [5.74, 6) is 0.583. The molecule has 5 nitrogen and oxygen atoms in total. The van der Waals surface area contributed by atoms with Gasteiger partial charge in [0, 0.05) is 31.4 Å². The van der Waals surface area contributed by atoms with Crippen molar-refractivity contribution in [3.05, 3.63) is 53.6 Å². The van der Waals surface area contributed by atoms with Gasteiger partial charge in [-0.25, -0.2) is 12.7 Å². The van der Waals surface area contributed by atoms with Crippen molar-refractivity contribution in [2.45, 2.75) is 51.5 Å². The number of hydrogen-bond acceptors (Lipinski definition) is 4. The average Bonchev–Trinajstić information content (AvgIpc) is 2.78. The normalized spacial score (nSPS) is 20.4. The maximum atomic E-state index is 11.8. The SMILES string of the molecule is CCCN(CC1CCN(S(C)(=O)=O)CC1)C1CCc2ccc(-c3cccc(N)c3)cc2C1. The summed E-state index contributed by atoms with van der Waals surface area (Å²) in [6.45, 7) is 5.79. The van der Waals surface area contributed by atoms with Crippen molar-refractivity contribution in [3.63, 3.8) is 0 Å². The minimum Gasteiger partial charge on any atom is -0.399 e. The molecule has 0 aromatic heterocycles. The van der Waals surface area contributed by atoms with Crippen LogP contribution in [0.5, 0.6) is 0 Å². The average molecular weight is 456 g/mol. The summed E-state index contributed by atoms with van der Waals surface area (Å²) >= 11 is 0. The molecule has 2 N–H and O–H groups in total. The standard InChI is InChI=1S/C26H37N3O2S/c1-3-13-28(19-20-11-14-29(15-12-20)32(2,30)31)26-10-9-21-7-8-23(16-24(21)18-26)22-5-4-6-25(27)17-22/h4-8,16-17,20,26H,3,9-15,18-19,27H2,1-2H3. The van der Waals surface area contributed by atoms with Gasteiger partial charge < -0.3 is 5.73 Å². The summed E-state index contributed by atoms with van der Waals surface area (Å²) in [4.78, 5) is 2.69. The lowest BCUT2D eigenvalue weighted by Gasteiger charge is -2.39. The molecule has 0 bridgehead atoms. The van der Waals surface area contributed by atoms with Gasteiger partial charge in [0.25, 0.3) is 0 Å². The number of hydrogen-bond donors (Lipinski definition) is 1. The Labute approximate surface area is 193 Å². The highest BCUT2D eigenvalue weighted by atomic mass is 32.2. The second-order valence-electron chi connectivity index (χ2n) is 9.61. The van der Waals surface area contributed by atoms with Gasteiger partial charge >= 0.3 is 0 Å². The molecule has 0 radical (unpaired) electrons. The number of rotatable bonds is 7. The predicted molar refractivity (Wildman–Crippen MR) is 133 cm³/mol. The van der Waals surface area contributed by atoms with Gasteiger partial charge in [-0.3, -0.25) is 4.90 Å². The highest BCUT2D eigenvalue weighted by molar-refractivity contribution is 7.88. The Morgan fingerprint density at radius 1 is 1.03 bits per heavy atom. The van der Waals surface area contributed by atoms with E-state index in [4.69, 9.17) is 5.73 Å². The number of piperidine rings is 1. The van der Waals surface area contributed by atoms with Gasteiger partial charge in [0.15, 0.2) is 0 Å². The minimum absolute atomic E-state index is 0.562. The van der Waals surface area contributed by atoms with E-state index in [0.717, 1.165) is 50.9 Å². The van der Waals surface area contributed by atoms with Crippen LogP contribution in [0.15, 0.2) is 42.5 Å². The number of fused-ring (bicyclic) bond motifs is 1. The van der Waals surface area contributed by atoms with Crippen LogP contribution in [0.2, 0.25) is 0 Å². The molecule has 0 saturated carbocycles. The lowest BCUT2D eigenvalue weighted by atomic mass is 9.85. The Bertz CT molecular complexity index is 1030. The van der Waals surface area contributed by atoms with E-state index in [1.807, 2.05) is 18.2 Å². The van der Waals surface area contributed by atoms with E-state index in [-0.39, 0.29) is 0 Å². The molecule has 2 aromatic carbocycles. The lowest BCUT2D eigenvalue weighted by Crippen LogP contribution is -2.45. The van der Waals surface area contributed by atoms with Crippen LogP contribution in [0.4, 0.5) is 5.69 Å². The second-order valence-corrected chi connectivity index (χ2v) is 11.6. The quantitative estimate of drug-likeness (QED) is 0.636. The summed E-state index contributed by atoms with van der Waals surface area (Å²) in [7, 11) is -3.06. The molecule has 1 aliphatic heterocycles. The maximum absolute atomic E-state index is 11.8. The fourth-order valence-electron chi connectivity index (χ4n) is 5.41. The Hall–Kier alpha value is -1.89. The molecule has 32 heavy (non-hydrogen) atoms. The second kappa shape index (κ2) is 9.94. The highest BCUT2D eigenvalue weighted by Gasteiger charge is 2.29. The third-order valence-corrected chi connectivity index (χ3v) is 8.49. The molecule has 1 aliphatic carbocycles. The first kappa shape index (κ1) is 23.3. The molecular formula is C26H37N3O2S. The number of anilines is 1. The van der Waals surface area contributed by atoms with Crippen LogP contribution < -0.4 is 5.73 Å². The van der Waals surface area contributed by atoms with E-state index in [1.165, 1.54) is 34.9 Å². The largest absolute Gasteiger partial charge is 0.399 e. The summed E-state index contributed by atoms with van der Waals surface area (Å²) in [6.07, 6.45) is 7.83. The van der Waals surface area contributed by atoms with E-state index >= 15 is 0 Å². The third kappa shape index (κ3) is 5.53. The van der Waals surface area contributed by atoms with Crippen molar-refractivity contribution >= 4 is 15.7 Å².